The summed E-state index contributed by atoms with van der Waals surface area (Å²) in [6, 6.07) is 2.01. The molecule has 1 aromatic carbocycles. The van der Waals surface area contributed by atoms with Gasteiger partial charge in [-0.15, -0.1) is 0 Å². The second-order valence-electron chi connectivity index (χ2n) is 11.7. The van der Waals surface area contributed by atoms with Crippen molar-refractivity contribution in [3.05, 3.63) is 51.5 Å². The SMILES string of the molecule is CNCc1ccc(O)c2c1C[C@@]1(COCCCCOC(N)=O)C[C@H]3[C@H](N(C)C)C(O)=C(C(C)=O)C(=O)[C@@]3(O)C(O)=C1C2=O. The van der Waals surface area contributed by atoms with E-state index in [-0.39, 0.29) is 49.5 Å². The van der Waals surface area contributed by atoms with Crippen molar-refractivity contribution in [3.63, 3.8) is 0 Å². The molecule has 0 aromatic heterocycles. The number of nitrogens with zero attached hydrogens (tertiary/aromatic N) is 1. The normalized spacial score (nSPS) is 26.7. The van der Waals surface area contributed by atoms with Gasteiger partial charge in [-0.1, -0.05) is 6.07 Å². The molecule has 13 heteroatoms. The smallest absolute Gasteiger partial charge is 0.404 e. The standard InChI is InChI=1S/C30H39N3O10/c1-15(34)20-25(37)23(33(3)4)18-12-29(14-42-9-5-6-10-43-28(31)40)11-17-16(13-32-2)7-8-19(35)21(17)24(36)22(29)27(39)30(18,41)26(20)38/h7-8,18,23,32,35,37,39,41H,5-6,9-14H2,1-4H3,(H2,31,40)/t18-,23-,29-,30+/m0/s1. The highest BCUT2D eigenvalue weighted by Gasteiger charge is 2.66. The number of primary amides is 1. The number of carbonyl (C=O) groups is 4. The van der Waals surface area contributed by atoms with Gasteiger partial charge in [-0.25, -0.2) is 4.79 Å². The minimum absolute atomic E-state index is 0.0480. The Morgan fingerprint density at radius 2 is 1.81 bits per heavy atom. The van der Waals surface area contributed by atoms with Crippen LogP contribution in [0.15, 0.2) is 34.8 Å². The van der Waals surface area contributed by atoms with Crippen LogP contribution in [0.2, 0.25) is 0 Å². The minimum atomic E-state index is -2.70. The summed E-state index contributed by atoms with van der Waals surface area (Å²) in [5.74, 6) is -5.68. The maximum atomic E-state index is 14.2. The summed E-state index contributed by atoms with van der Waals surface area (Å²) >= 11 is 0. The van der Waals surface area contributed by atoms with Crippen molar-refractivity contribution >= 4 is 23.4 Å². The summed E-state index contributed by atoms with van der Waals surface area (Å²) in [6.45, 7) is 1.61. The van der Waals surface area contributed by atoms with Crippen LogP contribution < -0.4 is 11.1 Å². The van der Waals surface area contributed by atoms with Gasteiger partial charge in [0, 0.05) is 24.5 Å². The number of amides is 1. The number of nitrogens with one attached hydrogen (secondary N) is 1. The second-order valence-corrected chi connectivity index (χ2v) is 11.7. The van der Waals surface area contributed by atoms with Crippen LogP contribution in [-0.4, -0.2) is 101 Å². The van der Waals surface area contributed by atoms with Gasteiger partial charge in [0.2, 0.25) is 5.78 Å². The highest BCUT2D eigenvalue weighted by atomic mass is 16.5. The number of Topliss-reactive ketones (excluding diaryl/α,β-unsaturated/α-hetero) is 3. The molecule has 43 heavy (non-hydrogen) atoms. The highest BCUT2D eigenvalue weighted by molar-refractivity contribution is 6.25. The van der Waals surface area contributed by atoms with Gasteiger partial charge in [0.05, 0.1) is 30.4 Å². The van der Waals surface area contributed by atoms with Crippen molar-refractivity contribution in [1.29, 1.82) is 0 Å². The number of carbonyl (C=O) groups excluding carboxylic acids is 4. The number of aliphatic hydroxyl groups is 3. The lowest BCUT2D eigenvalue weighted by atomic mass is 9.52. The molecule has 13 nitrogen and oxygen atoms in total. The number of rotatable bonds is 11. The zero-order valence-electron chi connectivity index (χ0n) is 24.7. The van der Waals surface area contributed by atoms with Crippen molar-refractivity contribution < 1.29 is 49.1 Å². The first-order chi connectivity index (χ1) is 20.2. The topological polar surface area (TPSA) is 209 Å². The van der Waals surface area contributed by atoms with Crippen molar-refractivity contribution in [2.75, 3.05) is 41.0 Å². The Morgan fingerprint density at radius 3 is 2.42 bits per heavy atom. The lowest BCUT2D eigenvalue weighted by molar-refractivity contribution is -0.151. The predicted molar refractivity (Wildman–Crippen MR) is 152 cm³/mol. The first-order valence-corrected chi connectivity index (χ1v) is 14.1. The van der Waals surface area contributed by atoms with E-state index in [1.54, 1.807) is 32.1 Å². The van der Waals surface area contributed by atoms with Crippen LogP contribution in [0, 0.1) is 11.3 Å². The molecule has 4 rings (SSSR count). The van der Waals surface area contributed by atoms with E-state index in [9.17, 15) is 39.6 Å². The molecular formula is C30H39N3O10. The Bertz CT molecular complexity index is 1420. The molecule has 1 aromatic rings. The van der Waals surface area contributed by atoms with Crippen LogP contribution in [0.5, 0.6) is 5.75 Å². The number of aromatic hydroxyl groups is 1. The van der Waals surface area contributed by atoms with Crippen molar-refractivity contribution in [3.8, 4) is 5.75 Å². The van der Waals surface area contributed by atoms with Gasteiger partial charge in [0.1, 0.15) is 22.8 Å². The average molecular weight is 602 g/mol. The number of phenols is 1. The third-order valence-electron chi connectivity index (χ3n) is 8.70. The number of fused-ring (bicyclic) bond motifs is 3. The fourth-order valence-corrected chi connectivity index (χ4v) is 6.89. The summed E-state index contributed by atoms with van der Waals surface area (Å²) in [7, 11) is 4.94. The summed E-state index contributed by atoms with van der Waals surface area (Å²) in [6.07, 6.45) is 0.0641. The van der Waals surface area contributed by atoms with Gasteiger partial charge < -0.3 is 41.0 Å². The molecule has 0 bridgehead atoms. The molecule has 0 aliphatic heterocycles. The van der Waals surface area contributed by atoms with Gasteiger partial charge in [0.15, 0.2) is 17.2 Å². The number of ether oxygens (including phenoxy) is 2. The monoisotopic (exact) mass is 601 g/mol. The van der Waals surface area contributed by atoms with Crippen molar-refractivity contribution in [2.45, 2.75) is 50.8 Å². The first-order valence-electron chi connectivity index (χ1n) is 14.1. The molecule has 3 aliphatic carbocycles. The molecule has 0 saturated carbocycles. The Kier molecular flexibility index (Phi) is 9.03. The number of phenolic OH excluding ortho intramolecular Hbond substituents is 1. The van der Waals surface area contributed by atoms with Crippen molar-refractivity contribution in [1.82, 2.24) is 10.2 Å². The fourth-order valence-electron chi connectivity index (χ4n) is 6.89. The van der Waals surface area contributed by atoms with Gasteiger partial charge in [-0.2, -0.15) is 0 Å². The van der Waals surface area contributed by atoms with E-state index >= 15 is 0 Å². The molecule has 0 unspecified atom stereocenters. The number of hydrogen-bond acceptors (Lipinski definition) is 12. The number of aliphatic hydroxyl groups excluding tert-OH is 2. The highest BCUT2D eigenvalue weighted by Crippen LogP contribution is 2.58. The van der Waals surface area contributed by atoms with Gasteiger partial charge >= 0.3 is 6.09 Å². The number of unbranched alkanes of at least 4 members (excludes halogenated alkanes) is 1. The lowest BCUT2D eigenvalue weighted by Crippen LogP contribution is -2.65. The van der Waals surface area contributed by atoms with E-state index in [2.05, 4.69) is 5.32 Å². The minimum Gasteiger partial charge on any atom is -0.510 e. The molecule has 0 radical (unpaired) electrons. The summed E-state index contributed by atoms with van der Waals surface area (Å²) in [5, 5.41) is 48.8. The number of likely N-dealkylation sites (N-methyl/N-ethyl adjacent to an activating group) is 1. The fraction of sp³-hybridized carbons (Fsp3) is 0.533. The van der Waals surface area contributed by atoms with Crippen LogP contribution in [0.3, 0.4) is 0 Å². The van der Waals surface area contributed by atoms with E-state index in [1.807, 2.05) is 0 Å². The van der Waals surface area contributed by atoms with Crippen LogP contribution >= 0.6 is 0 Å². The van der Waals surface area contributed by atoms with Gasteiger partial charge in [-0.3, -0.25) is 19.3 Å². The molecule has 3 aliphatic rings. The quantitative estimate of drug-likeness (QED) is 0.156. The van der Waals surface area contributed by atoms with E-state index in [1.165, 1.54) is 6.07 Å². The number of nitrogens with two attached hydrogens (primary N) is 1. The summed E-state index contributed by atoms with van der Waals surface area (Å²) in [4.78, 5) is 52.8. The van der Waals surface area contributed by atoms with E-state index in [0.29, 0.717) is 24.9 Å². The number of hydrogen-bond donors (Lipinski definition) is 6. The maximum absolute atomic E-state index is 14.2. The van der Waals surface area contributed by atoms with Crippen LogP contribution in [-0.2, 0) is 32.0 Å². The molecular weight excluding hydrogens is 562 g/mol. The van der Waals surface area contributed by atoms with E-state index in [4.69, 9.17) is 15.2 Å². The second kappa shape index (κ2) is 12.1. The Morgan fingerprint density at radius 1 is 1.14 bits per heavy atom. The van der Waals surface area contributed by atoms with Gasteiger partial charge in [0.25, 0.3) is 0 Å². The summed E-state index contributed by atoms with van der Waals surface area (Å²) < 4.78 is 10.8. The van der Waals surface area contributed by atoms with Crippen LogP contribution in [0.4, 0.5) is 4.79 Å². The molecule has 4 atom stereocenters. The largest absolute Gasteiger partial charge is 0.510 e. The lowest BCUT2D eigenvalue weighted by Gasteiger charge is -2.54. The van der Waals surface area contributed by atoms with E-state index in [0.717, 1.165) is 12.5 Å². The first kappa shape index (κ1) is 32.1. The third kappa shape index (κ3) is 5.30. The Balaban J connectivity index is 1.87. The number of benzene rings is 1. The molecule has 7 N–H and O–H groups in total. The van der Waals surface area contributed by atoms with Crippen LogP contribution in [0.1, 0.15) is 47.7 Å². The zero-order valence-corrected chi connectivity index (χ0v) is 24.7. The Labute approximate surface area is 248 Å². The predicted octanol–water partition coefficient (Wildman–Crippen LogP) is 1.21. The third-order valence-corrected chi connectivity index (χ3v) is 8.70. The molecule has 0 heterocycles. The Hall–Kier alpha value is -3.78. The zero-order chi connectivity index (χ0) is 31.9. The molecule has 0 spiro atoms. The van der Waals surface area contributed by atoms with E-state index < -0.39 is 63.5 Å². The van der Waals surface area contributed by atoms with Crippen molar-refractivity contribution in [2.24, 2.45) is 17.1 Å². The van der Waals surface area contributed by atoms with Gasteiger partial charge in [-0.05, 0) is 70.9 Å². The molecule has 0 fully saturated rings. The molecule has 1 amide bonds. The molecule has 234 valence electrons. The van der Waals surface area contributed by atoms with Crippen LogP contribution in [0.25, 0.3) is 0 Å². The average Bonchev–Trinajstić information content (AvgIpc) is 2.91. The number of ketones is 3. The summed E-state index contributed by atoms with van der Waals surface area (Å²) in [5.41, 5.74) is 1.31. The molecule has 0 saturated heterocycles. The maximum Gasteiger partial charge on any atom is 0.404 e.